The van der Waals surface area contributed by atoms with Crippen molar-refractivity contribution in [3.05, 3.63) is 70.5 Å². The number of carbonyl (C=O) groups excluding carboxylic acids is 1. The number of aromatic nitrogens is 2. The van der Waals surface area contributed by atoms with Crippen LogP contribution in [0.3, 0.4) is 0 Å². The Morgan fingerprint density at radius 3 is 2.54 bits per heavy atom. The van der Waals surface area contributed by atoms with E-state index in [4.69, 9.17) is 0 Å². The Kier molecular flexibility index (Phi) is 6.52. The maximum atomic E-state index is 13.0. The van der Waals surface area contributed by atoms with E-state index in [1.165, 1.54) is 11.8 Å². The first-order chi connectivity index (χ1) is 13.5. The lowest BCUT2D eigenvalue weighted by atomic mass is 10.2. The summed E-state index contributed by atoms with van der Waals surface area (Å²) in [5.74, 6) is 0.247. The summed E-state index contributed by atoms with van der Waals surface area (Å²) < 4.78 is 1.72. The van der Waals surface area contributed by atoms with Crippen molar-refractivity contribution in [3.8, 4) is 0 Å². The second-order valence-corrected chi connectivity index (χ2v) is 7.81. The van der Waals surface area contributed by atoms with Crippen molar-refractivity contribution < 1.29 is 4.79 Å². The second-order valence-electron chi connectivity index (χ2n) is 6.87. The summed E-state index contributed by atoms with van der Waals surface area (Å²) in [6, 6.07) is 17.3. The third kappa shape index (κ3) is 4.44. The monoisotopic (exact) mass is 395 g/mol. The van der Waals surface area contributed by atoms with Gasteiger partial charge in [-0.3, -0.25) is 14.2 Å². The molecule has 2 aromatic carbocycles. The van der Waals surface area contributed by atoms with Crippen molar-refractivity contribution in [2.75, 3.05) is 12.8 Å². The standard InChI is InChI=1S/C22H25N3O2S/c1-4-16(2)25-21(27)18-12-8-9-13-19(18)23-22(25)28-15-20(26)24(3)14-17-10-6-5-7-11-17/h5-13,16H,4,14-15H2,1-3H3. The number of nitrogens with zero attached hydrogens (tertiary/aromatic N) is 3. The topological polar surface area (TPSA) is 55.2 Å². The number of rotatable bonds is 7. The van der Waals surface area contributed by atoms with Crippen LogP contribution in [0, 0.1) is 0 Å². The first-order valence-corrected chi connectivity index (χ1v) is 10.4. The van der Waals surface area contributed by atoms with Crippen LogP contribution in [0.15, 0.2) is 64.5 Å². The number of hydrogen-bond donors (Lipinski definition) is 0. The van der Waals surface area contributed by atoms with E-state index in [1.54, 1.807) is 22.6 Å². The lowest BCUT2D eigenvalue weighted by Crippen LogP contribution is -2.29. The van der Waals surface area contributed by atoms with Crippen LogP contribution in [0.25, 0.3) is 10.9 Å². The molecule has 1 heterocycles. The predicted octanol–water partition coefficient (Wildman–Crippen LogP) is 4.12. The van der Waals surface area contributed by atoms with Crippen molar-refractivity contribution in [3.63, 3.8) is 0 Å². The van der Waals surface area contributed by atoms with Gasteiger partial charge in [0.25, 0.3) is 5.56 Å². The van der Waals surface area contributed by atoms with E-state index in [2.05, 4.69) is 4.98 Å². The summed E-state index contributed by atoms with van der Waals surface area (Å²) in [4.78, 5) is 32.0. The third-order valence-electron chi connectivity index (χ3n) is 4.82. The van der Waals surface area contributed by atoms with Crippen LogP contribution in [-0.4, -0.2) is 33.2 Å². The lowest BCUT2D eigenvalue weighted by molar-refractivity contribution is -0.127. The van der Waals surface area contributed by atoms with Gasteiger partial charge in [0.1, 0.15) is 0 Å². The molecule has 0 aliphatic heterocycles. The molecule has 0 aliphatic rings. The highest BCUT2D eigenvalue weighted by atomic mass is 32.2. The van der Waals surface area contributed by atoms with Crippen LogP contribution in [0.1, 0.15) is 31.9 Å². The largest absolute Gasteiger partial charge is 0.341 e. The Labute approximate surface area is 169 Å². The minimum Gasteiger partial charge on any atom is -0.341 e. The fourth-order valence-electron chi connectivity index (χ4n) is 2.98. The van der Waals surface area contributed by atoms with Gasteiger partial charge >= 0.3 is 0 Å². The zero-order valence-corrected chi connectivity index (χ0v) is 17.3. The first-order valence-electron chi connectivity index (χ1n) is 9.43. The maximum Gasteiger partial charge on any atom is 0.262 e. The Morgan fingerprint density at radius 2 is 1.82 bits per heavy atom. The molecule has 28 heavy (non-hydrogen) atoms. The predicted molar refractivity (Wildman–Crippen MR) is 115 cm³/mol. The van der Waals surface area contributed by atoms with Crippen molar-refractivity contribution in [1.82, 2.24) is 14.5 Å². The number of hydrogen-bond acceptors (Lipinski definition) is 4. The van der Waals surface area contributed by atoms with Gasteiger partial charge in [0.2, 0.25) is 5.91 Å². The number of fused-ring (bicyclic) bond motifs is 1. The highest BCUT2D eigenvalue weighted by Crippen LogP contribution is 2.22. The molecule has 3 aromatic rings. The third-order valence-corrected chi connectivity index (χ3v) is 5.76. The molecule has 0 aliphatic carbocycles. The van der Waals surface area contributed by atoms with Gasteiger partial charge in [-0.05, 0) is 31.0 Å². The summed E-state index contributed by atoms with van der Waals surface area (Å²) in [5.41, 5.74) is 1.70. The summed E-state index contributed by atoms with van der Waals surface area (Å²) >= 11 is 1.33. The van der Waals surface area contributed by atoms with Crippen LogP contribution >= 0.6 is 11.8 Å². The van der Waals surface area contributed by atoms with E-state index in [1.807, 2.05) is 62.4 Å². The molecule has 0 bridgehead atoms. The molecule has 1 atom stereocenters. The Bertz CT molecular complexity index is 1020. The molecule has 1 unspecified atom stereocenters. The van der Waals surface area contributed by atoms with Gasteiger partial charge in [0.05, 0.1) is 16.7 Å². The van der Waals surface area contributed by atoms with E-state index in [0.717, 1.165) is 12.0 Å². The molecule has 6 heteroatoms. The average Bonchev–Trinajstić information content (AvgIpc) is 2.72. The van der Waals surface area contributed by atoms with Gasteiger partial charge < -0.3 is 4.90 Å². The first kappa shape index (κ1) is 20.1. The molecule has 0 spiro atoms. The van der Waals surface area contributed by atoms with Gasteiger partial charge in [-0.2, -0.15) is 0 Å². The van der Waals surface area contributed by atoms with Gasteiger partial charge in [-0.15, -0.1) is 0 Å². The number of carbonyl (C=O) groups is 1. The van der Waals surface area contributed by atoms with Crippen molar-refractivity contribution in [2.24, 2.45) is 0 Å². The quantitative estimate of drug-likeness (QED) is 0.446. The second kappa shape index (κ2) is 9.06. The summed E-state index contributed by atoms with van der Waals surface area (Å²) in [6.45, 7) is 4.61. The molecule has 1 amide bonds. The molecule has 5 nitrogen and oxygen atoms in total. The molecule has 0 saturated carbocycles. The Balaban J connectivity index is 1.81. The number of thioether (sulfide) groups is 1. The van der Waals surface area contributed by atoms with E-state index in [9.17, 15) is 9.59 Å². The van der Waals surface area contributed by atoms with Crippen molar-refractivity contribution in [2.45, 2.75) is 38.0 Å². The molecule has 1 aromatic heterocycles. The molecule has 146 valence electrons. The van der Waals surface area contributed by atoms with E-state index in [0.29, 0.717) is 22.6 Å². The molecular formula is C22H25N3O2S. The maximum absolute atomic E-state index is 13.0. The highest BCUT2D eigenvalue weighted by Gasteiger charge is 2.17. The zero-order valence-electron chi connectivity index (χ0n) is 16.5. The fraction of sp³-hybridized carbons (Fsp3) is 0.318. The smallest absolute Gasteiger partial charge is 0.262 e. The van der Waals surface area contributed by atoms with Crippen LogP contribution in [-0.2, 0) is 11.3 Å². The number of para-hydroxylation sites is 1. The van der Waals surface area contributed by atoms with Gasteiger partial charge in [0.15, 0.2) is 5.16 Å². The van der Waals surface area contributed by atoms with E-state index >= 15 is 0 Å². The van der Waals surface area contributed by atoms with Gasteiger partial charge in [-0.25, -0.2) is 4.98 Å². The van der Waals surface area contributed by atoms with Crippen LogP contribution in [0.2, 0.25) is 0 Å². The molecule has 3 rings (SSSR count). The minimum absolute atomic E-state index is 0.00645. The number of benzene rings is 2. The fourth-order valence-corrected chi connectivity index (χ4v) is 4.02. The molecule has 0 saturated heterocycles. The zero-order chi connectivity index (χ0) is 20.1. The molecular weight excluding hydrogens is 370 g/mol. The van der Waals surface area contributed by atoms with Crippen LogP contribution < -0.4 is 5.56 Å². The minimum atomic E-state index is -0.0486. The summed E-state index contributed by atoms with van der Waals surface area (Å²) in [5, 5.41) is 1.21. The highest BCUT2D eigenvalue weighted by molar-refractivity contribution is 7.99. The van der Waals surface area contributed by atoms with E-state index in [-0.39, 0.29) is 23.3 Å². The van der Waals surface area contributed by atoms with Crippen LogP contribution in [0.4, 0.5) is 0 Å². The molecule has 0 N–H and O–H groups in total. The van der Waals surface area contributed by atoms with Crippen molar-refractivity contribution in [1.29, 1.82) is 0 Å². The SMILES string of the molecule is CCC(C)n1c(SCC(=O)N(C)Cc2ccccc2)nc2ccccc2c1=O. The molecule has 0 fully saturated rings. The van der Waals surface area contributed by atoms with Gasteiger partial charge in [0, 0.05) is 19.6 Å². The van der Waals surface area contributed by atoms with Crippen molar-refractivity contribution >= 4 is 28.6 Å². The van der Waals surface area contributed by atoms with Gasteiger partial charge in [-0.1, -0.05) is 61.2 Å². The number of amides is 1. The Morgan fingerprint density at radius 1 is 1.14 bits per heavy atom. The Hall–Kier alpha value is -2.60. The summed E-state index contributed by atoms with van der Waals surface area (Å²) in [7, 11) is 1.80. The normalized spacial score (nSPS) is 12.1. The summed E-state index contributed by atoms with van der Waals surface area (Å²) in [6.07, 6.45) is 0.815. The van der Waals surface area contributed by atoms with E-state index < -0.39 is 0 Å². The average molecular weight is 396 g/mol. The van der Waals surface area contributed by atoms with Crippen LogP contribution in [0.5, 0.6) is 0 Å². The lowest BCUT2D eigenvalue weighted by Gasteiger charge is -2.20. The molecule has 0 radical (unpaired) electrons.